The summed E-state index contributed by atoms with van der Waals surface area (Å²) in [4.78, 5) is 0. The SMILES string of the molecule is Fc1cc(CNc2ccccc2)c2c(c1)COCO2. The number of ether oxygens (including phenoxy) is 2. The van der Waals surface area contributed by atoms with Crippen LogP contribution in [0.4, 0.5) is 10.1 Å². The molecule has 98 valence electrons. The van der Waals surface area contributed by atoms with E-state index in [1.54, 1.807) is 0 Å². The number of rotatable bonds is 3. The molecule has 4 heteroatoms. The molecule has 0 amide bonds. The fourth-order valence-corrected chi connectivity index (χ4v) is 2.14. The minimum absolute atomic E-state index is 0.219. The zero-order valence-electron chi connectivity index (χ0n) is 10.4. The smallest absolute Gasteiger partial charge is 0.189 e. The van der Waals surface area contributed by atoms with Crippen LogP contribution in [0.15, 0.2) is 42.5 Å². The highest BCUT2D eigenvalue weighted by molar-refractivity contribution is 5.47. The lowest BCUT2D eigenvalue weighted by Gasteiger charge is -2.21. The second kappa shape index (κ2) is 5.28. The Hall–Kier alpha value is -2.07. The molecular weight excluding hydrogens is 245 g/mol. The van der Waals surface area contributed by atoms with Gasteiger partial charge in [-0.1, -0.05) is 18.2 Å². The zero-order chi connectivity index (χ0) is 13.1. The number of anilines is 1. The van der Waals surface area contributed by atoms with E-state index in [2.05, 4.69) is 5.32 Å². The number of nitrogens with one attached hydrogen (secondary N) is 1. The highest BCUT2D eigenvalue weighted by Gasteiger charge is 2.16. The van der Waals surface area contributed by atoms with Gasteiger partial charge in [0.2, 0.25) is 0 Å². The Kier molecular flexibility index (Phi) is 3.33. The predicted octanol–water partition coefficient (Wildman–Crippen LogP) is 3.30. The van der Waals surface area contributed by atoms with E-state index in [1.165, 1.54) is 12.1 Å². The molecule has 1 N–H and O–H groups in total. The van der Waals surface area contributed by atoms with Crippen LogP contribution in [0.1, 0.15) is 11.1 Å². The molecule has 0 saturated heterocycles. The highest BCUT2D eigenvalue weighted by atomic mass is 19.1. The van der Waals surface area contributed by atoms with Crippen LogP contribution < -0.4 is 10.1 Å². The summed E-state index contributed by atoms with van der Waals surface area (Å²) in [6.07, 6.45) is 0. The Labute approximate surface area is 111 Å². The van der Waals surface area contributed by atoms with Gasteiger partial charge in [-0.2, -0.15) is 0 Å². The van der Waals surface area contributed by atoms with Crippen molar-refractivity contribution in [3.05, 3.63) is 59.4 Å². The van der Waals surface area contributed by atoms with Crippen molar-refractivity contribution in [2.75, 3.05) is 12.1 Å². The maximum Gasteiger partial charge on any atom is 0.189 e. The second-order valence-corrected chi connectivity index (χ2v) is 4.38. The molecule has 0 spiro atoms. The minimum atomic E-state index is -0.266. The predicted molar refractivity (Wildman–Crippen MR) is 70.5 cm³/mol. The molecule has 0 aromatic heterocycles. The largest absolute Gasteiger partial charge is 0.467 e. The Morgan fingerprint density at radius 2 is 2.00 bits per heavy atom. The van der Waals surface area contributed by atoms with Crippen LogP contribution in [0, 0.1) is 5.82 Å². The summed E-state index contributed by atoms with van der Waals surface area (Å²) in [5, 5.41) is 3.25. The van der Waals surface area contributed by atoms with E-state index in [4.69, 9.17) is 9.47 Å². The van der Waals surface area contributed by atoms with Crippen LogP contribution in [0.2, 0.25) is 0 Å². The fraction of sp³-hybridized carbons (Fsp3) is 0.200. The third kappa shape index (κ3) is 2.69. The molecular formula is C15H14FNO2. The molecule has 19 heavy (non-hydrogen) atoms. The first kappa shape index (κ1) is 12.0. The van der Waals surface area contributed by atoms with Crippen molar-refractivity contribution in [3.8, 4) is 5.75 Å². The lowest BCUT2D eigenvalue weighted by molar-refractivity contribution is -0.0172. The Morgan fingerprint density at radius 3 is 2.84 bits per heavy atom. The average Bonchev–Trinajstić information content (AvgIpc) is 2.45. The summed E-state index contributed by atoms with van der Waals surface area (Å²) in [7, 11) is 0. The van der Waals surface area contributed by atoms with E-state index in [0.29, 0.717) is 13.2 Å². The van der Waals surface area contributed by atoms with Crippen LogP contribution >= 0.6 is 0 Å². The molecule has 1 heterocycles. The number of para-hydroxylation sites is 1. The van der Waals surface area contributed by atoms with Gasteiger partial charge >= 0.3 is 0 Å². The first-order valence-electron chi connectivity index (χ1n) is 6.14. The molecule has 0 radical (unpaired) electrons. The van der Waals surface area contributed by atoms with Crippen molar-refractivity contribution < 1.29 is 13.9 Å². The monoisotopic (exact) mass is 259 g/mol. The van der Waals surface area contributed by atoms with Crippen molar-refractivity contribution in [2.45, 2.75) is 13.2 Å². The van der Waals surface area contributed by atoms with Gasteiger partial charge in [-0.15, -0.1) is 0 Å². The van der Waals surface area contributed by atoms with Gasteiger partial charge in [-0.05, 0) is 24.3 Å². The third-order valence-corrected chi connectivity index (χ3v) is 3.01. The first-order valence-corrected chi connectivity index (χ1v) is 6.14. The Balaban J connectivity index is 1.82. The van der Waals surface area contributed by atoms with Crippen molar-refractivity contribution in [1.29, 1.82) is 0 Å². The maximum atomic E-state index is 13.5. The lowest BCUT2D eigenvalue weighted by Crippen LogP contribution is -2.14. The highest BCUT2D eigenvalue weighted by Crippen LogP contribution is 2.29. The first-order chi connectivity index (χ1) is 9.33. The summed E-state index contributed by atoms with van der Waals surface area (Å²) in [6, 6.07) is 12.8. The number of halogens is 1. The molecule has 2 aromatic rings. The van der Waals surface area contributed by atoms with E-state index < -0.39 is 0 Å². The summed E-state index contributed by atoms with van der Waals surface area (Å²) in [5.74, 6) is 0.466. The van der Waals surface area contributed by atoms with Crippen molar-refractivity contribution in [3.63, 3.8) is 0 Å². The minimum Gasteiger partial charge on any atom is -0.467 e. The molecule has 3 rings (SSSR count). The Morgan fingerprint density at radius 1 is 1.16 bits per heavy atom. The number of hydrogen-bond donors (Lipinski definition) is 1. The van der Waals surface area contributed by atoms with Gasteiger partial charge in [0.25, 0.3) is 0 Å². The molecule has 0 fully saturated rings. The van der Waals surface area contributed by atoms with E-state index in [0.717, 1.165) is 22.6 Å². The molecule has 1 aliphatic rings. The summed E-state index contributed by atoms with van der Waals surface area (Å²) in [6.45, 7) is 1.13. The van der Waals surface area contributed by atoms with Gasteiger partial charge in [0.05, 0.1) is 6.61 Å². The molecule has 0 bridgehead atoms. The van der Waals surface area contributed by atoms with Gasteiger partial charge in [0.15, 0.2) is 6.79 Å². The van der Waals surface area contributed by atoms with Gasteiger partial charge in [-0.25, -0.2) is 4.39 Å². The van der Waals surface area contributed by atoms with Crippen LogP contribution in [-0.2, 0) is 17.9 Å². The van der Waals surface area contributed by atoms with E-state index in [-0.39, 0.29) is 12.6 Å². The molecule has 1 aliphatic heterocycles. The third-order valence-electron chi connectivity index (χ3n) is 3.01. The summed E-state index contributed by atoms with van der Waals surface area (Å²) < 4.78 is 24.2. The quantitative estimate of drug-likeness (QED) is 0.917. The molecule has 0 saturated carbocycles. The van der Waals surface area contributed by atoms with Gasteiger partial charge < -0.3 is 14.8 Å². The van der Waals surface area contributed by atoms with Gasteiger partial charge in [-0.3, -0.25) is 0 Å². The number of fused-ring (bicyclic) bond motifs is 1. The lowest BCUT2D eigenvalue weighted by atomic mass is 10.1. The van der Waals surface area contributed by atoms with Gasteiger partial charge in [0, 0.05) is 23.4 Å². The topological polar surface area (TPSA) is 30.5 Å². The molecule has 3 nitrogen and oxygen atoms in total. The Bertz CT molecular complexity index is 572. The van der Waals surface area contributed by atoms with E-state index >= 15 is 0 Å². The molecule has 0 atom stereocenters. The molecule has 0 unspecified atom stereocenters. The van der Waals surface area contributed by atoms with Crippen LogP contribution in [0.3, 0.4) is 0 Å². The second-order valence-electron chi connectivity index (χ2n) is 4.38. The van der Waals surface area contributed by atoms with Crippen LogP contribution in [0.5, 0.6) is 5.75 Å². The molecule has 2 aromatic carbocycles. The van der Waals surface area contributed by atoms with E-state index in [1.807, 2.05) is 30.3 Å². The van der Waals surface area contributed by atoms with E-state index in [9.17, 15) is 4.39 Å². The molecule has 0 aliphatic carbocycles. The summed E-state index contributed by atoms with van der Waals surface area (Å²) >= 11 is 0. The van der Waals surface area contributed by atoms with Gasteiger partial charge in [0.1, 0.15) is 11.6 Å². The number of hydrogen-bond acceptors (Lipinski definition) is 3. The fourth-order valence-electron chi connectivity index (χ4n) is 2.14. The van der Waals surface area contributed by atoms with Crippen LogP contribution in [0.25, 0.3) is 0 Å². The average molecular weight is 259 g/mol. The van der Waals surface area contributed by atoms with Crippen molar-refractivity contribution in [2.24, 2.45) is 0 Å². The normalized spacial score (nSPS) is 13.5. The zero-order valence-corrected chi connectivity index (χ0v) is 10.4. The number of benzene rings is 2. The van der Waals surface area contributed by atoms with Crippen molar-refractivity contribution >= 4 is 5.69 Å². The van der Waals surface area contributed by atoms with Crippen molar-refractivity contribution in [1.82, 2.24) is 0 Å². The maximum absolute atomic E-state index is 13.5. The summed E-state index contributed by atoms with van der Waals surface area (Å²) in [5.41, 5.74) is 2.56. The van der Waals surface area contributed by atoms with Crippen LogP contribution in [-0.4, -0.2) is 6.79 Å². The standard InChI is InChI=1S/C15H14FNO2/c16-13-6-11(8-17-14-4-2-1-3-5-14)15-12(7-13)9-18-10-19-15/h1-7,17H,8-10H2.